The van der Waals surface area contributed by atoms with E-state index in [1.807, 2.05) is 61.9 Å². The number of alkyl halides is 3. The normalized spacial score (nSPS) is 19.8. The van der Waals surface area contributed by atoms with Crippen LogP contribution < -0.4 is 20.0 Å². The lowest BCUT2D eigenvalue weighted by Crippen LogP contribution is -2.52. The van der Waals surface area contributed by atoms with E-state index in [4.69, 9.17) is 9.57 Å². The smallest absolute Gasteiger partial charge is 0.421 e. The van der Waals surface area contributed by atoms with Crippen molar-refractivity contribution >= 4 is 23.1 Å². The molecule has 3 aliphatic heterocycles. The van der Waals surface area contributed by atoms with Crippen molar-refractivity contribution in [3.8, 4) is 16.9 Å². The number of piperazine rings is 1. The summed E-state index contributed by atoms with van der Waals surface area (Å²) in [6.07, 6.45) is 2.52. The minimum Gasteiger partial charge on any atom is -0.494 e. The molecule has 0 spiro atoms. The van der Waals surface area contributed by atoms with Crippen molar-refractivity contribution in [3.63, 3.8) is 0 Å². The van der Waals surface area contributed by atoms with Crippen LogP contribution in [0.1, 0.15) is 36.4 Å². The molecule has 1 N–H and O–H groups in total. The largest absolute Gasteiger partial charge is 0.494 e. The lowest BCUT2D eigenvalue weighted by Gasteiger charge is -2.43. The van der Waals surface area contributed by atoms with Gasteiger partial charge in [0.2, 0.25) is 5.95 Å². The van der Waals surface area contributed by atoms with E-state index in [9.17, 15) is 13.2 Å². The maximum absolute atomic E-state index is 14.3. The molecule has 11 nitrogen and oxygen atoms in total. The molecule has 3 aliphatic rings. The first kappa shape index (κ1) is 33.1. The lowest BCUT2D eigenvalue weighted by atomic mass is 9.98. The average Bonchev–Trinajstić information content (AvgIpc) is 3.78. The Bertz CT molecular complexity index is 1740. The minimum absolute atomic E-state index is 0.0125. The minimum atomic E-state index is -4.69. The van der Waals surface area contributed by atoms with Crippen molar-refractivity contribution in [2.24, 2.45) is 7.05 Å². The van der Waals surface area contributed by atoms with E-state index in [2.05, 4.69) is 42.1 Å². The first-order valence-electron chi connectivity index (χ1n) is 16.7. The average molecular weight is 678 g/mol. The second-order valence-electron chi connectivity index (χ2n) is 13.0. The molecule has 0 aliphatic carbocycles. The van der Waals surface area contributed by atoms with Crippen LogP contribution in [0.25, 0.3) is 11.1 Å². The summed E-state index contributed by atoms with van der Waals surface area (Å²) < 4.78 is 50.5. The first-order chi connectivity index (χ1) is 23.7. The highest BCUT2D eigenvalue weighted by molar-refractivity contribution is 5.85. The Morgan fingerprint density at radius 2 is 1.69 bits per heavy atom. The molecular formula is C35H42F3N9O2. The molecule has 14 heteroatoms. The van der Waals surface area contributed by atoms with Gasteiger partial charge in [-0.1, -0.05) is 30.3 Å². The number of anilines is 4. The highest BCUT2D eigenvalue weighted by Crippen LogP contribution is 2.44. The zero-order chi connectivity index (χ0) is 34.1. The topological polar surface area (TPSA) is 87.1 Å². The highest BCUT2D eigenvalue weighted by Gasteiger charge is 2.41. The third-order valence-electron chi connectivity index (χ3n) is 9.81. The van der Waals surface area contributed by atoms with Crippen LogP contribution in [0.3, 0.4) is 0 Å². The Hall–Kier alpha value is -4.40. The summed E-state index contributed by atoms with van der Waals surface area (Å²) in [5, 5.41) is 8.85. The van der Waals surface area contributed by atoms with Crippen LogP contribution in [0.5, 0.6) is 5.75 Å². The number of nitrogens with one attached hydrogen (secondary N) is 1. The van der Waals surface area contributed by atoms with Gasteiger partial charge in [-0.25, -0.2) is 10.0 Å². The Balaban J connectivity index is 1.20. The fourth-order valence-electron chi connectivity index (χ4n) is 7.13. The standard InChI is InChI=1S/C35H42F3N9O2/c1-43-14-16-45(17-15-43)26-9-12-46(13-10-26)31-20-32(48-3)29(19-27(31)25-21-40-44(2)23-25)41-34-39-22-28(35(36,37)38)33(42-34)47-30(11-18-49-47)24-7-5-4-6-8-24/h4-8,19-23,26,30H,9-18H2,1-3H3,(H,39,41,42)/t30-/m1/s1. The van der Waals surface area contributed by atoms with Crippen LogP contribution in [0.15, 0.2) is 61.1 Å². The van der Waals surface area contributed by atoms with Crippen molar-refractivity contribution in [1.82, 2.24) is 29.5 Å². The molecule has 0 amide bonds. The van der Waals surface area contributed by atoms with Gasteiger partial charge in [-0.3, -0.25) is 14.4 Å². The molecule has 2 aromatic heterocycles. The fraction of sp³-hybridized carbons (Fsp3) is 0.457. The predicted molar refractivity (Wildman–Crippen MR) is 182 cm³/mol. The van der Waals surface area contributed by atoms with Gasteiger partial charge in [-0.15, -0.1) is 0 Å². The van der Waals surface area contributed by atoms with Crippen LogP contribution in [0.4, 0.5) is 36.3 Å². The van der Waals surface area contributed by atoms with E-state index in [1.54, 1.807) is 11.8 Å². The van der Waals surface area contributed by atoms with Crippen LogP contribution in [0, 0.1) is 0 Å². The van der Waals surface area contributed by atoms with E-state index in [-0.39, 0.29) is 18.4 Å². The number of hydroxylamine groups is 1. The van der Waals surface area contributed by atoms with Crippen LogP contribution in [-0.2, 0) is 18.1 Å². The number of likely N-dealkylation sites (N-methyl/N-ethyl adjacent to an activating group) is 1. The molecule has 0 bridgehead atoms. The number of methoxy groups -OCH3 is 1. The van der Waals surface area contributed by atoms with Gasteiger partial charge in [0.15, 0.2) is 5.82 Å². The maximum Gasteiger partial charge on any atom is 0.421 e. The summed E-state index contributed by atoms with van der Waals surface area (Å²) in [6, 6.07) is 13.4. The van der Waals surface area contributed by atoms with Crippen molar-refractivity contribution in [3.05, 3.63) is 72.2 Å². The lowest BCUT2D eigenvalue weighted by molar-refractivity contribution is -0.138. The van der Waals surface area contributed by atoms with Gasteiger partial charge < -0.3 is 19.9 Å². The third-order valence-corrected chi connectivity index (χ3v) is 9.81. The van der Waals surface area contributed by atoms with E-state index >= 15 is 0 Å². The van der Waals surface area contributed by atoms with E-state index in [0.717, 1.165) is 80.7 Å². The van der Waals surface area contributed by atoms with Crippen LogP contribution >= 0.6 is 0 Å². The quantitative estimate of drug-likeness (QED) is 0.249. The van der Waals surface area contributed by atoms with E-state index in [0.29, 0.717) is 23.9 Å². The zero-order valence-corrected chi connectivity index (χ0v) is 28.0. The summed E-state index contributed by atoms with van der Waals surface area (Å²) in [4.78, 5) is 21.7. The number of rotatable bonds is 8. The van der Waals surface area contributed by atoms with Gasteiger partial charge in [0.1, 0.15) is 11.3 Å². The van der Waals surface area contributed by atoms with Crippen molar-refractivity contribution in [2.45, 2.75) is 37.5 Å². The molecule has 3 fully saturated rings. The number of hydrogen-bond donors (Lipinski definition) is 1. The van der Waals surface area contributed by atoms with Crippen molar-refractivity contribution in [2.75, 3.05) is 75.3 Å². The van der Waals surface area contributed by atoms with Gasteiger partial charge in [-0.2, -0.15) is 23.3 Å². The molecule has 3 saturated heterocycles. The Labute approximate surface area is 284 Å². The summed E-state index contributed by atoms with van der Waals surface area (Å²) in [5.74, 6) is 0.164. The SMILES string of the molecule is COc1cc(N2CCC(N3CCN(C)CC3)CC2)c(-c2cnn(C)c2)cc1Nc1ncc(C(F)(F)F)c(N2OCC[C@@H]2c2ccccc2)n1. The predicted octanol–water partition coefficient (Wildman–Crippen LogP) is 5.75. The molecule has 0 unspecified atom stereocenters. The number of hydrogen-bond acceptors (Lipinski definition) is 10. The fourth-order valence-corrected chi connectivity index (χ4v) is 7.13. The number of nitrogens with zero attached hydrogens (tertiary/aromatic N) is 8. The molecule has 0 saturated carbocycles. The molecule has 7 rings (SSSR count). The third kappa shape index (κ3) is 7.03. The van der Waals surface area contributed by atoms with Gasteiger partial charge in [0, 0.05) is 94.1 Å². The van der Waals surface area contributed by atoms with Crippen LogP contribution in [0.2, 0.25) is 0 Å². The maximum atomic E-state index is 14.3. The number of benzene rings is 2. The molecule has 1 atom stereocenters. The summed E-state index contributed by atoms with van der Waals surface area (Å²) in [6.45, 7) is 6.44. The van der Waals surface area contributed by atoms with Crippen molar-refractivity contribution in [1.29, 1.82) is 0 Å². The Morgan fingerprint density at radius 3 is 2.37 bits per heavy atom. The monoisotopic (exact) mass is 677 g/mol. The number of aromatic nitrogens is 4. The first-order valence-corrected chi connectivity index (χ1v) is 16.7. The Kier molecular flexibility index (Phi) is 9.36. The second kappa shape index (κ2) is 13.8. The molecule has 0 radical (unpaired) electrons. The summed E-state index contributed by atoms with van der Waals surface area (Å²) in [7, 11) is 5.63. The van der Waals surface area contributed by atoms with Gasteiger partial charge >= 0.3 is 6.18 Å². The van der Waals surface area contributed by atoms with Gasteiger partial charge in [0.25, 0.3) is 0 Å². The number of ether oxygens (including phenoxy) is 1. The van der Waals surface area contributed by atoms with Gasteiger partial charge in [-0.05, 0) is 31.5 Å². The summed E-state index contributed by atoms with van der Waals surface area (Å²) >= 11 is 0. The summed E-state index contributed by atoms with van der Waals surface area (Å²) in [5.41, 5.74) is 3.23. The number of aryl methyl sites for hydroxylation is 1. The number of halogens is 3. The Morgan fingerprint density at radius 1 is 0.939 bits per heavy atom. The molecule has 4 aromatic rings. The van der Waals surface area contributed by atoms with E-state index < -0.39 is 17.8 Å². The molecule has 2 aromatic carbocycles. The zero-order valence-electron chi connectivity index (χ0n) is 28.0. The van der Waals surface area contributed by atoms with Crippen LogP contribution in [-0.4, -0.2) is 95.6 Å². The second-order valence-corrected chi connectivity index (χ2v) is 13.0. The highest BCUT2D eigenvalue weighted by atomic mass is 19.4. The molecule has 260 valence electrons. The van der Waals surface area contributed by atoms with Gasteiger partial charge in [0.05, 0.1) is 31.6 Å². The van der Waals surface area contributed by atoms with E-state index in [1.165, 1.54) is 5.06 Å². The number of piperidine rings is 1. The molecule has 49 heavy (non-hydrogen) atoms. The molecular weight excluding hydrogens is 635 g/mol. The van der Waals surface area contributed by atoms with Crippen molar-refractivity contribution < 1.29 is 22.7 Å². The molecule has 5 heterocycles.